The molecule has 0 amide bonds. The number of ether oxygens (including phenoxy) is 1. The Hall–Kier alpha value is -2.18. The summed E-state index contributed by atoms with van der Waals surface area (Å²) in [5.41, 5.74) is 1.05. The van der Waals surface area contributed by atoms with Crippen LogP contribution in [0.25, 0.3) is 0 Å². The number of benzene rings is 1. The van der Waals surface area contributed by atoms with Crippen molar-refractivity contribution >= 4 is 11.3 Å². The average Bonchev–Trinajstić information content (AvgIpc) is 3.30. The molecule has 0 unspecified atom stereocenters. The first-order chi connectivity index (χ1) is 11.7. The molecule has 1 aromatic carbocycles. The summed E-state index contributed by atoms with van der Waals surface area (Å²) >= 11 is 1.63. The summed E-state index contributed by atoms with van der Waals surface area (Å²) in [6.45, 7) is 5.57. The first-order valence-electron chi connectivity index (χ1n) is 8.06. The molecule has 0 spiro atoms. The van der Waals surface area contributed by atoms with Gasteiger partial charge in [0.15, 0.2) is 0 Å². The third kappa shape index (κ3) is 4.43. The highest BCUT2D eigenvalue weighted by Gasteiger charge is 2.14. The minimum atomic E-state index is 0.291. The smallest absolute Gasteiger partial charge is 0.140 e. The Morgan fingerprint density at radius 3 is 2.79 bits per heavy atom. The topological polar surface area (TPSA) is 52.0 Å². The SMILES string of the molecule is C[C@H](NCc1csc(COc2ccccc2)n1)[C@H](C)n1cccn1. The molecule has 0 saturated carbocycles. The van der Waals surface area contributed by atoms with Crippen molar-refractivity contribution in [2.45, 2.75) is 39.1 Å². The molecule has 1 N–H and O–H groups in total. The van der Waals surface area contributed by atoms with Crippen LogP contribution in [0.15, 0.2) is 54.2 Å². The lowest BCUT2D eigenvalue weighted by atomic mass is 10.2. The molecule has 2 atom stereocenters. The van der Waals surface area contributed by atoms with Gasteiger partial charge in [-0.1, -0.05) is 18.2 Å². The molecule has 0 aliphatic carbocycles. The zero-order valence-electron chi connectivity index (χ0n) is 13.9. The van der Waals surface area contributed by atoms with Gasteiger partial charge in [0.05, 0.1) is 11.7 Å². The van der Waals surface area contributed by atoms with Gasteiger partial charge in [-0.05, 0) is 32.0 Å². The van der Waals surface area contributed by atoms with Gasteiger partial charge in [-0.25, -0.2) is 4.98 Å². The van der Waals surface area contributed by atoms with Gasteiger partial charge in [0.1, 0.15) is 17.4 Å². The van der Waals surface area contributed by atoms with E-state index in [4.69, 9.17) is 4.74 Å². The first kappa shape index (κ1) is 16.7. The maximum atomic E-state index is 5.73. The third-order valence-electron chi connectivity index (χ3n) is 3.98. The molecule has 3 aromatic rings. The molecule has 3 rings (SSSR count). The van der Waals surface area contributed by atoms with Gasteiger partial charge in [0, 0.05) is 30.4 Å². The van der Waals surface area contributed by atoms with Gasteiger partial charge >= 0.3 is 0 Å². The van der Waals surface area contributed by atoms with Crippen molar-refractivity contribution in [2.75, 3.05) is 0 Å². The van der Waals surface area contributed by atoms with E-state index in [1.807, 2.05) is 53.5 Å². The molecule has 0 aliphatic heterocycles. The molecule has 2 heterocycles. The van der Waals surface area contributed by atoms with Crippen LogP contribution in [0.2, 0.25) is 0 Å². The molecule has 0 fully saturated rings. The standard InChI is InChI=1S/C18H22N4OS/c1-14(15(2)22-10-6-9-20-22)19-11-16-13-24-18(21-16)12-23-17-7-4-3-5-8-17/h3-10,13-15,19H,11-12H2,1-2H3/t14-,15-/m0/s1. The van der Waals surface area contributed by atoms with E-state index < -0.39 is 0 Å². The minimum Gasteiger partial charge on any atom is -0.486 e. The Kier molecular flexibility index (Phi) is 5.61. The predicted octanol–water partition coefficient (Wildman–Crippen LogP) is 3.66. The number of hydrogen-bond donors (Lipinski definition) is 1. The monoisotopic (exact) mass is 342 g/mol. The van der Waals surface area contributed by atoms with E-state index in [-0.39, 0.29) is 0 Å². The zero-order valence-corrected chi connectivity index (χ0v) is 14.7. The lowest BCUT2D eigenvalue weighted by molar-refractivity contribution is 0.305. The van der Waals surface area contributed by atoms with Crippen LogP contribution in [-0.2, 0) is 13.2 Å². The Morgan fingerprint density at radius 2 is 2.04 bits per heavy atom. The van der Waals surface area contributed by atoms with E-state index in [1.165, 1.54) is 0 Å². The summed E-state index contributed by atoms with van der Waals surface area (Å²) in [4.78, 5) is 4.63. The highest BCUT2D eigenvalue weighted by Crippen LogP contribution is 2.16. The van der Waals surface area contributed by atoms with Crippen molar-refractivity contribution < 1.29 is 4.74 Å². The fourth-order valence-corrected chi connectivity index (χ4v) is 3.05. The van der Waals surface area contributed by atoms with Crippen molar-refractivity contribution in [1.82, 2.24) is 20.1 Å². The van der Waals surface area contributed by atoms with E-state index in [9.17, 15) is 0 Å². The van der Waals surface area contributed by atoms with Crippen LogP contribution in [0.5, 0.6) is 5.75 Å². The molecule has 0 radical (unpaired) electrons. The second-order valence-electron chi connectivity index (χ2n) is 5.73. The summed E-state index contributed by atoms with van der Waals surface area (Å²) < 4.78 is 7.70. The van der Waals surface area contributed by atoms with Crippen molar-refractivity contribution in [3.8, 4) is 5.75 Å². The minimum absolute atomic E-state index is 0.291. The molecule has 5 nitrogen and oxygen atoms in total. The molecule has 0 bridgehead atoms. The molecule has 2 aromatic heterocycles. The normalized spacial score (nSPS) is 13.6. The van der Waals surface area contributed by atoms with Gasteiger partial charge in [0.25, 0.3) is 0 Å². The number of hydrogen-bond acceptors (Lipinski definition) is 5. The molecule has 126 valence electrons. The van der Waals surface area contributed by atoms with Crippen molar-refractivity contribution in [1.29, 1.82) is 0 Å². The Bertz CT molecular complexity index is 727. The second-order valence-corrected chi connectivity index (χ2v) is 6.67. The van der Waals surface area contributed by atoms with Crippen LogP contribution in [-0.4, -0.2) is 20.8 Å². The van der Waals surface area contributed by atoms with Crippen molar-refractivity contribution in [3.05, 3.63) is 64.9 Å². The maximum Gasteiger partial charge on any atom is 0.140 e. The number of rotatable bonds is 8. The van der Waals surface area contributed by atoms with Crippen LogP contribution < -0.4 is 10.1 Å². The Balaban J connectivity index is 1.47. The van der Waals surface area contributed by atoms with Gasteiger partial charge < -0.3 is 10.1 Å². The molecule has 6 heteroatoms. The van der Waals surface area contributed by atoms with E-state index in [2.05, 4.69) is 34.6 Å². The van der Waals surface area contributed by atoms with Crippen LogP contribution in [0.3, 0.4) is 0 Å². The summed E-state index contributed by atoms with van der Waals surface area (Å²) in [6, 6.07) is 12.4. The quantitative estimate of drug-likeness (QED) is 0.679. The van der Waals surface area contributed by atoms with E-state index in [0.29, 0.717) is 18.7 Å². The molecule has 0 saturated heterocycles. The summed E-state index contributed by atoms with van der Waals surface area (Å²) in [5.74, 6) is 0.869. The second kappa shape index (κ2) is 8.08. The van der Waals surface area contributed by atoms with Crippen LogP contribution in [0, 0.1) is 0 Å². The third-order valence-corrected chi connectivity index (χ3v) is 4.85. The van der Waals surface area contributed by atoms with Crippen LogP contribution >= 0.6 is 11.3 Å². The number of aromatic nitrogens is 3. The number of nitrogens with one attached hydrogen (secondary N) is 1. The lowest BCUT2D eigenvalue weighted by Crippen LogP contribution is -2.33. The Morgan fingerprint density at radius 1 is 1.21 bits per heavy atom. The van der Waals surface area contributed by atoms with E-state index >= 15 is 0 Å². The van der Waals surface area contributed by atoms with Gasteiger partial charge in [-0.3, -0.25) is 4.68 Å². The maximum absolute atomic E-state index is 5.73. The van der Waals surface area contributed by atoms with Gasteiger partial charge in [0.2, 0.25) is 0 Å². The zero-order chi connectivity index (χ0) is 16.8. The van der Waals surface area contributed by atoms with Gasteiger partial charge in [-0.15, -0.1) is 11.3 Å². The molecular weight excluding hydrogens is 320 g/mol. The van der Waals surface area contributed by atoms with Gasteiger partial charge in [-0.2, -0.15) is 5.10 Å². The van der Waals surface area contributed by atoms with Crippen LogP contribution in [0.1, 0.15) is 30.6 Å². The largest absolute Gasteiger partial charge is 0.486 e. The number of thiazole rings is 1. The fraction of sp³-hybridized carbons (Fsp3) is 0.333. The summed E-state index contributed by atoms with van der Waals surface area (Å²) in [7, 11) is 0. The number of nitrogens with zero attached hydrogens (tertiary/aromatic N) is 3. The van der Waals surface area contributed by atoms with E-state index in [0.717, 1.165) is 23.0 Å². The van der Waals surface area contributed by atoms with E-state index in [1.54, 1.807) is 11.3 Å². The predicted molar refractivity (Wildman–Crippen MR) is 96.1 cm³/mol. The highest BCUT2D eigenvalue weighted by molar-refractivity contribution is 7.09. The molecule has 0 aliphatic rings. The van der Waals surface area contributed by atoms with Crippen molar-refractivity contribution in [3.63, 3.8) is 0 Å². The molecular formula is C18H22N4OS. The van der Waals surface area contributed by atoms with Crippen molar-refractivity contribution in [2.24, 2.45) is 0 Å². The highest BCUT2D eigenvalue weighted by atomic mass is 32.1. The Labute approximate surface area is 146 Å². The van der Waals surface area contributed by atoms with Crippen LogP contribution in [0.4, 0.5) is 0 Å². The summed E-state index contributed by atoms with van der Waals surface area (Å²) in [6.07, 6.45) is 3.80. The summed E-state index contributed by atoms with van der Waals surface area (Å²) in [5, 5.41) is 10.9. The molecule has 24 heavy (non-hydrogen) atoms. The lowest BCUT2D eigenvalue weighted by Gasteiger charge is -2.21. The first-order valence-corrected chi connectivity index (χ1v) is 8.94. The average molecular weight is 342 g/mol. The number of para-hydroxylation sites is 1. The fourth-order valence-electron chi connectivity index (χ4n) is 2.34.